The van der Waals surface area contributed by atoms with Gasteiger partial charge in [-0.05, 0) is 50.1 Å². The predicted molar refractivity (Wildman–Crippen MR) is 86.0 cm³/mol. The number of hydrogen-bond acceptors (Lipinski definition) is 2. The van der Waals surface area contributed by atoms with Gasteiger partial charge >= 0.3 is 0 Å². The molecule has 0 aromatic heterocycles. The molecule has 1 unspecified atom stereocenters. The van der Waals surface area contributed by atoms with Crippen LogP contribution in [0.4, 0.5) is 4.39 Å². The number of amides is 1. The molecule has 3 nitrogen and oxygen atoms in total. The lowest BCUT2D eigenvalue weighted by atomic mass is 10.0. The van der Waals surface area contributed by atoms with Crippen LogP contribution in [0, 0.1) is 5.82 Å². The monoisotopic (exact) mass is 312 g/mol. The quantitative estimate of drug-likeness (QED) is 0.871. The third-order valence-electron chi connectivity index (χ3n) is 3.78. The summed E-state index contributed by atoms with van der Waals surface area (Å²) < 4.78 is 12.9. The fraction of sp³-hybridized carbons (Fsp3) is 0.438. The number of hydrogen-bond donors (Lipinski definition) is 1. The van der Waals surface area contributed by atoms with E-state index >= 15 is 0 Å². The number of piperidine rings is 1. The van der Waals surface area contributed by atoms with Crippen molar-refractivity contribution in [1.82, 2.24) is 10.2 Å². The van der Waals surface area contributed by atoms with Crippen LogP contribution in [-0.2, 0) is 4.79 Å². The average Bonchev–Trinajstić information content (AvgIpc) is 2.47. The molecule has 1 heterocycles. The molecular weight excluding hydrogens is 291 g/mol. The van der Waals surface area contributed by atoms with Crippen molar-refractivity contribution in [1.29, 1.82) is 0 Å². The van der Waals surface area contributed by atoms with Crippen LogP contribution in [0.15, 0.2) is 30.3 Å². The zero-order chi connectivity index (χ0) is 14.5. The van der Waals surface area contributed by atoms with Crippen LogP contribution in [0.3, 0.4) is 0 Å². The highest BCUT2D eigenvalue weighted by atomic mass is 35.5. The predicted octanol–water partition coefficient (Wildman–Crippen LogP) is 2.86. The van der Waals surface area contributed by atoms with E-state index < -0.39 is 0 Å². The molecule has 2 rings (SSSR count). The minimum absolute atomic E-state index is 0. The highest BCUT2D eigenvalue weighted by molar-refractivity contribution is 5.94. The van der Waals surface area contributed by atoms with Crippen LogP contribution < -0.4 is 5.32 Å². The van der Waals surface area contributed by atoms with E-state index in [1.807, 2.05) is 18.9 Å². The van der Waals surface area contributed by atoms with Crippen molar-refractivity contribution in [3.05, 3.63) is 41.7 Å². The lowest BCUT2D eigenvalue weighted by molar-refractivity contribution is -0.127. The molecule has 0 aliphatic carbocycles. The molecule has 5 heteroatoms. The topological polar surface area (TPSA) is 32.3 Å². The van der Waals surface area contributed by atoms with E-state index in [0.29, 0.717) is 6.04 Å². The second-order valence-electron chi connectivity index (χ2n) is 5.25. The number of halogens is 2. The van der Waals surface area contributed by atoms with E-state index in [2.05, 4.69) is 5.32 Å². The standard InChI is InChI=1S/C16H21FN2O.ClH/c1-12(13-5-7-14(17)8-6-13)10-16(20)19-9-3-4-15(11-19)18-2;/h5-8,10,15,18H,3-4,9,11H2,1-2H3;1H/b12-10-;. The third kappa shape index (κ3) is 4.83. The number of nitrogens with one attached hydrogen (secondary N) is 1. The minimum Gasteiger partial charge on any atom is -0.338 e. The maximum absolute atomic E-state index is 12.9. The van der Waals surface area contributed by atoms with Gasteiger partial charge in [0.1, 0.15) is 5.82 Å². The molecule has 0 bridgehead atoms. The summed E-state index contributed by atoms with van der Waals surface area (Å²) in [6.45, 7) is 3.44. The number of nitrogens with zero attached hydrogens (tertiary/aromatic N) is 1. The third-order valence-corrected chi connectivity index (χ3v) is 3.78. The van der Waals surface area contributed by atoms with Crippen molar-refractivity contribution in [3.8, 4) is 0 Å². The van der Waals surface area contributed by atoms with E-state index in [9.17, 15) is 9.18 Å². The fourth-order valence-corrected chi connectivity index (χ4v) is 2.49. The van der Waals surface area contributed by atoms with Crippen molar-refractivity contribution in [2.75, 3.05) is 20.1 Å². The number of likely N-dealkylation sites (tertiary alicyclic amines) is 1. The summed E-state index contributed by atoms with van der Waals surface area (Å²) in [6, 6.07) is 6.60. The van der Waals surface area contributed by atoms with Gasteiger partial charge in [-0.2, -0.15) is 0 Å². The number of allylic oxidation sites excluding steroid dienone is 1. The first-order valence-corrected chi connectivity index (χ1v) is 7.00. The Balaban J connectivity index is 0.00000220. The Morgan fingerprint density at radius 3 is 2.67 bits per heavy atom. The Labute approximate surface area is 131 Å². The molecule has 0 radical (unpaired) electrons. The van der Waals surface area contributed by atoms with E-state index in [1.165, 1.54) is 12.1 Å². The molecule has 1 fully saturated rings. The molecule has 1 aliphatic rings. The normalized spacial score (nSPS) is 19.1. The number of likely N-dealkylation sites (N-methyl/N-ethyl adjacent to an activating group) is 1. The van der Waals surface area contributed by atoms with Gasteiger partial charge in [-0.15, -0.1) is 12.4 Å². The Morgan fingerprint density at radius 1 is 1.38 bits per heavy atom. The van der Waals surface area contributed by atoms with Gasteiger partial charge in [0.15, 0.2) is 0 Å². The molecule has 1 N–H and O–H groups in total. The Hall–Kier alpha value is -1.39. The molecule has 1 aromatic carbocycles. The van der Waals surface area contributed by atoms with E-state index in [-0.39, 0.29) is 24.1 Å². The highest BCUT2D eigenvalue weighted by Crippen LogP contribution is 2.16. The number of rotatable bonds is 3. The van der Waals surface area contributed by atoms with Crippen LogP contribution in [0.5, 0.6) is 0 Å². The molecule has 0 saturated carbocycles. The Kier molecular flexibility index (Phi) is 6.85. The van der Waals surface area contributed by atoms with Crippen LogP contribution in [0.25, 0.3) is 5.57 Å². The van der Waals surface area contributed by atoms with Crippen LogP contribution >= 0.6 is 12.4 Å². The molecule has 1 aliphatic heterocycles. The van der Waals surface area contributed by atoms with Crippen molar-refractivity contribution >= 4 is 23.9 Å². The Morgan fingerprint density at radius 2 is 2.05 bits per heavy atom. The summed E-state index contributed by atoms with van der Waals surface area (Å²) in [4.78, 5) is 14.1. The summed E-state index contributed by atoms with van der Waals surface area (Å²) in [5.74, 6) is -0.229. The average molecular weight is 313 g/mol. The van der Waals surface area contributed by atoms with Gasteiger partial charge in [-0.25, -0.2) is 4.39 Å². The molecule has 1 amide bonds. The van der Waals surface area contributed by atoms with Crippen molar-refractivity contribution < 1.29 is 9.18 Å². The van der Waals surface area contributed by atoms with Gasteiger partial charge in [-0.3, -0.25) is 4.79 Å². The van der Waals surface area contributed by atoms with Crippen LogP contribution in [0.1, 0.15) is 25.3 Å². The summed E-state index contributed by atoms with van der Waals surface area (Å²) in [7, 11) is 1.93. The van der Waals surface area contributed by atoms with Gasteiger partial charge in [-0.1, -0.05) is 12.1 Å². The van der Waals surface area contributed by atoms with E-state index in [1.54, 1.807) is 18.2 Å². The molecule has 21 heavy (non-hydrogen) atoms. The van der Waals surface area contributed by atoms with Gasteiger partial charge in [0.25, 0.3) is 0 Å². The van der Waals surface area contributed by atoms with Gasteiger partial charge in [0.05, 0.1) is 0 Å². The van der Waals surface area contributed by atoms with Gasteiger partial charge in [0, 0.05) is 25.2 Å². The SMILES string of the molecule is CNC1CCCN(C(=O)/C=C(/C)c2ccc(F)cc2)C1.Cl. The molecule has 1 atom stereocenters. The van der Waals surface area contributed by atoms with Crippen LogP contribution in [0.2, 0.25) is 0 Å². The number of benzene rings is 1. The molecular formula is C16H22ClFN2O. The zero-order valence-electron chi connectivity index (χ0n) is 12.4. The molecule has 0 spiro atoms. The maximum atomic E-state index is 12.9. The first-order chi connectivity index (χ1) is 9.60. The summed E-state index contributed by atoms with van der Waals surface area (Å²) in [6.07, 6.45) is 3.78. The zero-order valence-corrected chi connectivity index (χ0v) is 13.3. The van der Waals surface area contributed by atoms with E-state index in [4.69, 9.17) is 0 Å². The Bertz CT molecular complexity index is 502. The van der Waals surface area contributed by atoms with Crippen molar-refractivity contribution in [3.63, 3.8) is 0 Å². The second kappa shape index (κ2) is 8.15. The van der Waals surface area contributed by atoms with Gasteiger partial charge in [0.2, 0.25) is 5.91 Å². The van der Waals surface area contributed by atoms with E-state index in [0.717, 1.165) is 37.1 Å². The maximum Gasteiger partial charge on any atom is 0.246 e. The van der Waals surface area contributed by atoms with Crippen molar-refractivity contribution in [2.45, 2.75) is 25.8 Å². The smallest absolute Gasteiger partial charge is 0.246 e. The van der Waals surface area contributed by atoms with Crippen molar-refractivity contribution in [2.24, 2.45) is 0 Å². The lowest BCUT2D eigenvalue weighted by Gasteiger charge is -2.32. The largest absolute Gasteiger partial charge is 0.338 e. The number of carbonyl (C=O) groups excluding carboxylic acids is 1. The number of carbonyl (C=O) groups is 1. The first-order valence-electron chi connectivity index (χ1n) is 7.00. The second-order valence-corrected chi connectivity index (χ2v) is 5.25. The summed E-state index contributed by atoms with van der Waals surface area (Å²) >= 11 is 0. The van der Waals surface area contributed by atoms with Gasteiger partial charge < -0.3 is 10.2 Å². The lowest BCUT2D eigenvalue weighted by Crippen LogP contribution is -2.46. The molecule has 1 aromatic rings. The molecule has 116 valence electrons. The highest BCUT2D eigenvalue weighted by Gasteiger charge is 2.21. The first kappa shape index (κ1) is 17.7. The fourth-order valence-electron chi connectivity index (χ4n) is 2.49. The summed E-state index contributed by atoms with van der Waals surface area (Å²) in [5.41, 5.74) is 1.74. The summed E-state index contributed by atoms with van der Waals surface area (Å²) in [5, 5.41) is 3.22. The molecule has 1 saturated heterocycles. The minimum atomic E-state index is -0.263. The van der Waals surface area contributed by atoms with Crippen LogP contribution in [-0.4, -0.2) is 37.0 Å².